The van der Waals surface area contributed by atoms with Crippen LogP contribution in [0, 0.1) is 0 Å². The van der Waals surface area contributed by atoms with Crippen molar-refractivity contribution in [1.82, 2.24) is 4.90 Å². The highest BCUT2D eigenvalue weighted by molar-refractivity contribution is 6.30. The van der Waals surface area contributed by atoms with E-state index in [1.165, 1.54) is 0 Å². The molecule has 4 heteroatoms. The van der Waals surface area contributed by atoms with Crippen LogP contribution in [0.25, 0.3) is 0 Å². The Hall–Kier alpha value is -1.06. The van der Waals surface area contributed by atoms with Crippen LogP contribution in [-0.4, -0.2) is 22.9 Å². The number of carbonyl (C=O) groups is 1. The largest absolute Gasteiger partial charge is 0.335 e. The Kier molecular flexibility index (Phi) is 4.97. The van der Waals surface area contributed by atoms with E-state index in [0.717, 1.165) is 5.56 Å². The summed E-state index contributed by atoms with van der Waals surface area (Å²) < 4.78 is 0. The van der Waals surface area contributed by atoms with E-state index in [-0.39, 0.29) is 11.9 Å². The molecule has 0 radical (unpaired) electrons. The zero-order valence-electron chi connectivity index (χ0n) is 10.5. The standard InChI is InChI=1S/C13H19ClN2O/c1-9(2)16(13(17)10(3)15)8-11-4-6-12(14)7-5-11/h4-7,9-10H,8,15H2,1-3H3/t10-/m0/s1. The Bertz CT molecular complexity index is 374. The first-order valence-electron chi connectivity index (χ1n) is 5.72. The van der Waals surface area contributed by atoms with Crippen LogP contribution in [0.4, 0.5) is 0 Å². The molecule has 1 aromatic carbocycles. The molecule has 0 aliphatic carbocycles. The quantitative estimate of drug-likeness (QED) is 0.897. The molecule has 0 saturated heterocycles. The summed E-state index contributed by atoms with van der Waals surface area (Å²) in [6.45, 7) is 6.24. The first-order valence-corrected chi connectivity index (χ1v) is 6.10. The van der Waals surface area contributed by atoms with Gasteiger partial charge in [0, 0.05) is 17.6 Å². The number of rotatable bonds is 4. The lowest BCUT2D eigenvalue weighted by molar-refractivity contribution is -0.134. The van der Waals surface area contributed by atoms with E-state index in [1.54, 1.807) is 11.8 Å². The number of carbonyl (C=O) groups excluding carboxylic acids is 1. The third-order valence-corrected chi connectivity index (χ3v) is 2.81. The van der Waals surface area contributed by atoms with Gasteiger partial charge in [0.15, 0.2) is 0 Å². The molecule has 0 unspecified atom stereocenters. The second kappa shape index (κ2) is 6.03. The molecule has 1 amide bonds. The van der Waals surface area contributed by atoms with E-state index < -0.39 is 6.04 Å². The molecule has 0 aliphatic heterocycles. The molecular weight excluding hydrogens is 236 g/mol. The van der Waals surface area contributed by atoms with Crippen LogP contribution in [0.5, 0.6) is 0 Å². The van der Waals surface area contributed by atoms with Crippen LogP contribution >= 0.6 is 11.6 Å². The van der Waals surface area contributed by atoms with E-state index in [2.05, 4.69) is 0 Å². The zero-order valence-corrected chi connectivity index (χ0v) is 11.2. The van der Waals surface area contributed by atoms with Gasteiger partial charge in [0.05, 0.1) is 6.04 Å². The van der Waals surface area contributed by atoms with Crippen molar-refractivity contribution in [1.29, 1.82) is 0 Å². The van der Waals surface area contributed by atoms with E-state index in [0.29, 0.717) is 11.6 Å². The number of benzene rings is 1. The number of hydrogen-bond acceptors (Lipinski definition) is 2. The van der Waals surface area contributed by atoms with Gasteiger partial charge < -0.3 is 10.6 Å². The first-order chi connectivity index (χ1) is 7.91. The molecule has 1 rings (SSSR count). The van der Waals surface area contributed by atoms with Crippen LogP contribution in [0.15, 0.2) is 24.3 Å². The van der Waals surface area contributed by atoms with E-state index in [4.69, 9.17) is 17.3 Å². The smallest absolute Gasteiger partial charge is 0.239 e. The van der Waals surface area contributed by atoms with Crippen LogP contribution in [0.1, 0.15) is 26.3 Å². The number of hydrogen-bond donors (Lipinski definition) is 1. The summed E-state index contributed by atoms with van der Waals surface area (Å²) >= 11 is 5.82. The lowest BCUT2D eigenvalue weighted by Gasteiger charge is -2.28. The molecule has 94 valence electrons. The molecule has 0 saturated carbocycles. The summed E-state index contributed by atoms with van der Waals surface area (Å²) in [6, 6.07) is 7.16. The predicted molar refractivity (Wildman–Crippen MR) is 70.8 cm³/mol. The minimum atomic E-state index is -0.468. The van der Waals surface area contributed by atoms with Crippen LogP contribution in [-0.2, 0) is 11.3 Å². The maximum atomic E-state index is 11.9. The van der Waals surface area contributed by atoms with Gasteiger partial charge in [-0.3, -0.25) is 4.79 Å². The topological polar surface area (TPSA) is 46.3 Å². The van der Waals surface area contributed by atoms with Gasteiger partial charge in [0.25, 0.3) is 0 Å². The highest BCUT2D eigenvalue weighted by Gasteiger charge is 2.20. The fraction of sp³-hybridized carbons (Fsp3) is 0.462. The SMILES string of the molecule is CC(C)N(Cc1ccc(Cl)cc1)C(=O)[C@H](C)N. The van der Waals surface area contributed by atoms with Crippen LogP contribution in [0.3, 0.4) is 0 Å². The van der Waals surface area contributed by atoms with Gasteiger partial charge in [0.2, 0.25) is 5.91 Å². The van der Waals surface area contributed by atoms with Crippen molar-refractivity contribution in [3.8, 4) is 0 Å². The van der Waals surface area contributed by atoms with Gasteiger partial charge >= 0.3 is 0 Å². The highest BCUT2D eigenvalue weighted by atomic mass is 35.5. The molecular formula is C13H19ClN2O. The lowest BCUT2D eigenvalue weighted by Crippen LogP contribution is -2.45. The van der Waals surface area contributed by atoms with Gasteiger partial charge in [-0.15, -0.1) is 0 Å². The first kappa shape index (κ1) is 14.0. The van der Waals surface area contributed by atoms with Crippen molar-refractivity contribution in [2.45, 2.75) is 39.4 Å². The monoisotopic (exact) mass is 254 g/mol. The highest BCUT2D eigenvalue weighted by Crippen LogP contribution is 2.13. The van der Waals surface area contributed by atoms with Gasteiger partial charge in [-0.1, -0.05) is 23.7 Å². The normalized spacial score (nSPS) is 12.6. The van der Waals surface area contributed by atoms with Crippen molar-refractivity contribution >= 4 is 17.5 Å². The summed E-state index contributed by atoms with van der Waals surface area (Å²) in [5.74, 6) is -0.0325. The lowest BCUT2D eigenvalue weighted by atomic mass is 10.1. The van der Waals surface area contributed by atoms with E-state index >= 15 is 0 Å². The Labute approximate surface area is 108 Å². The maximum Gasteiger partial charge on any atom is 0.239 e. The molecule has 2 N–H and O–H groups in total. The summed E-state index contributed by atoms with van der Waals surface area (Å²) in [5, 5.41) is 0.698. The average Bonchev–Trinajstić information content (AvgIpc) is 2.26. The fourth-order valence-electron chi connectivity index (χ4n) is 1.56. The average molecular weight is 255 g/mol. The van der Waals surface area contributed by atoms with E-state index in [9.17, 15) is 4.79 Å². The number of halogens is 1. The second-order valence-electron chi connectivity index (χ2n) is 4.48. The number of amides is 1. The van der Waals surface area contributed by atoms with Crippen molar-refractivity contribution in [3.63, 3.8) is 0 Å². The van der Waals surface area contributed by atoms with Gasteiger partial charge in [-0.2, -0.15) is 0 Å². The Balaban J connectivity index is 2.80. The summed E-state index contributed by atoms with van der Waals surface area (Å²) in [7, 11) is 0. The van der Waals surface area contributed by atoms with Crippen molar-refractivity contribution < 1.29 is 4.79 Å². The molecule has 0 spiro atoms. The van der Waals surface area contributed by atoms with Crippen molar-refractivity contribution in [2.75, 3.05) is 0 Å². The van der Waals surface area contributed by atoms with Gasteiger partial charge in [-0.05, 0) is 38.5 Å². The van der Waals surface area contributed by atoms with Crippen molar-refractivity contribution in [3.05, 3.63) is 34.9 Å². The molecule has 0 bridgehead atoms. The molecule has 0 heterocycles. The van der Waals surface area contributed by atoms with Gasteiger partial charge in [-0.25, -0.2) is 0 Å². The fourth-order valence-corrected chi connectivity index (χ4v) is 1.69. The van der Waals surface area contributed by atoms with Gasteiger partial charge in [0.1, 0.15) is 0 Å². The minimum Gasteiger partial charge on any atom is -0.335 e. The maximum absolute atomic E-state index is 11.9. The predicted octanol–water partition coefficient (Wildman–Crippen LogP) is 2.42. The minimum absolute atomic E-state index is 0.0325. The molecule has 1 aromatic rings. The van der Waals surface area contributed by atoms with E-state index in [1.807, 2.05) is 38.1 Å². The molecule has 17 heavy (non-hydrogen) atoms. The zero-order chi connectivity index (χ0) is 13.0. The summed E-state index contributed by atoms with van der Waals surface area (Å²) in [5.41, 5.74) is 6.69. The van der Waals surface area contributed by atoms with Crippen molar-refractivity contribution in [2.24, 2.45) is 5.73 Å². The van der Waals surface area contributed by atoms with Crippen LogP contribution < -0.4 is 5.73 Å². The summed E-state index contributed by atoms with van der Waals surface area (Å²) in [6.07, 6.45) is 0. The third kappa shape index (κ3) is 4.02. The molecule has 0 aliphatic rings. The second-order valence-corrected chi connectivity index (χ2v) is 4.91. The summed E-state index contributed by atoms with van der Waals surface area (Å²) in [4.78, 5) is 13.7. The Morgan fingerprint density at radius 3 is 2.24 bits per heavy atom. The molecule has 1 atom stereocenters. The molecule has 0 aromatic heterocycles. The third-order valence-electron chi connectivity index (χ3n) is 2.56. The molecule has 3 nitrogen and oxygen atoms in total. The molecule has 0 fully saturated rings. The number of nitrogens with zero attached hydrogens (tertiary/aromatic N) is 1. The van der Waals surface area contributed by atoms with Crippen LogP contribution in [0.2, 0.25) is 5.02 Å². The number of nitrogens with two attached hydrogens (primary N) is 1. The Morgan fingerprint density at radius 2 is 1.82 bits per heavy atom. The Morgan fingerprint density at radius 1 is 1.29 bits per heavy atom.